The molecule has 0 aliphatic carbocycles. The number of carbonyl (C=O) groups excluding carboxylic acids is 1. The Morgan fingerprint density at radius 1 is 1.09 bits per heavy atom. The molecular weight excluding hydrogens is 312 g/mol. The van der Waals surface area contributed by atoms with E-state index in [4.69, 9.17) is 16.0 Å². The van der Waals surface area contributed by atoms with E-state index >= 15 is 0 Å². The number of benzene rings is 2. The van der Waals surface area contributed by atoms with Crippen LogP contribution in [0.15, 0.2) is 65.2 Å². The molecule has 1 N–H and O–H groups in total. The maximum Gasteiger partial charge on any atom is 0.291 e. The quantitative estimate of drug-likeness (QED) is 0.572. The van der Waals surface area contributed by atoms with Crippen molar-refractivity contribution in [3.8, 4) is 0 Å². The van der Waals surface area contributed by atoms with E-state index in [2.05, 4.69) is 10.3 Å². The predicted octanol–water partition coefficient (Wildman–Crippen LogP) is 4.89. The Hall–Kier alpha value is -2.85. The number of amides is 1. The van der Waals surface area contributed by atoms with Crippen molar-refractivity contribution in [1.82, 2.24) is 4.98 Å². The van der Waals surface area contributed by atoms with Gasteiger partial charge in [0.2, 0.25) is 0 Å². The van der Waals surface area contributed by atoms with Gasteiger partial charge in [0.15, 0.2) is 5.76 Å². The SMILES string of the molecule is O=C(Nc1cccc2ncccc12)c1cc2cc(Cl)ccc2o1. The molecule has 4 rings (SSSR count). The summed E-state index contributed by atoms with van der Waals surface area (Å²) in [4.78, 5) is 16.7. The summed E-state index contributed by atoms with van der Waals surface area (Å²) in [6, 6.07) is 16.2. The summed E-state index contributed by atoms with van der Waals surface area (Å²) in [6.07, 6.45) is 1.72. The first-order valence-electron chi connectivity index (χ1n) is 7.05. The zero-order valence-corrected chi connectivity index (χ0v) is 12.7. The molecule has 2 heterocycles. The van der Waals surface area contributed by atoms with Crippen LogP contribution in [-0.2, 0) is 0 Å². The molecule has 0 fully saturated rings. The van der Waals surface area contributed by atoms with E-state index in [1.807, 2.05) is 30.3 Å². The summed E-state index contributed by atoms with van der Waals surface area (Å²) in [7, 11) is 0. The highest BCUT2D eigenvalue weighted by molar-refractivity contribution is 6.31. The van der Waals surface area contributed by atoms with E-state index < -0.39 is 0 Å². The van der Waals surface area contributed by atoms with Crippen LogP contribution in [-0.4, -0.2) is 10.9 Å². The lowest BCUT2D eigenvalue weighted by Crippen LogP contribution is -2.11. The second-order valence-electron chi connectivity index (χ2n) is 5.12. The summed E-state index contributed by atoms with van der Waals surface area (Å²) in [5, 5.41) is 5.14. The molecular formula is C18H11ClN2O2. The van der Waals surface area contributed by atoms with Crippen LogP contribution in [0.2, 0.25) is 5.02 Å². The molecule has 0 radical (unpaired) electrons. The van der Waals surface area contributed by atoms with Crippen LogP contribution in [0, 0.1) is 0 Å². The molecule has 0 spiro atoms. The molecule has 2 aromatic carbocycles. The summed E-state index contributed by atoms with van der Waals surface area (Å²) < 4.78 is 5.58. The molecule has 4 nitrogen and oxygen atoms in total. The van der Waals surface area contributed by atoms with Gasteiger partial charge in [-0.2, -0.15) is 0 Å². The van der Waals surface area contributed by atoms with E-state index in [0.717, 1.165) is 16.3 Å². The van der Waals surface area contributed by atoms with Crippen molar-refractivity contribution in [1.29, 1.82) is 0 Å². The Bertz CT molecular complexity index is 1030. The predicted molar refractivity (Wildman–Crippen MR) is 90.9 cm³/mol. The van der Waals surface area contributed by atoms with Crippen molar-refractivity contribution >= 4 is 45.1 Å². The van der Waals surface area contributed by atoms with Crippen molar-refractivity contribution in [2.75, 3.05) is 5.32 Å². The van der Waals surface area contributed by atoms with Crippen molar-refractivity contribution in [3.63, 3.8) is 0 Å². The van der Waals surface area contributed by atoms with E-state index in [0.29, 0.717) is 16.3 Å². The lowest BCUT2D eigenvalue weighted by atomic mass is 10.2. The minimum atomic E-state index is -0.311. The van der Waals surface area contributed by atoms with Gasteiger partial charge in [0, 0.05) is 22.0 Å². The van der Waals surface area contributed by atoms with E-state index in [1.165, 1.54) is 0 Å². The number of anilines is 1. The van der Waals surface area contributed by atoms with Crippen LogP contribution in [0.4, 0.5) is 5.69 Å². The van der Waals surface area contributed by atoms with Crippen LogP contribution in [0.25, 0.3) is 21.9 Å². The third-order valence-corrected chi connectivity index (χ3v) is 3.83. The molecule has 0 atom stereocenters. The largest absolute Gasteiger partial charge is 0.451 e. The van der Waals surface area contributed by atoms with Gasteiger partial charge < -0.3 is 9.73 Å². The zero-order valence-electron chi connectivity index (χ0n) is 11.9. The summed E-state index contributed by atoms with van der Waals surface area (Å²) in [5.74, 6) is -0.0724. The van der Waals surface area contributed by atoms with Gasteiger partial charge in [-0.15, -0.1) is 0 Å². The van der Waals surface area contributed by atoms with E-state index in [-0.39, 0.29) is 11.7 Å². The van der Waals surface area contributed by atoms with Gasteiger partial charge in [-0.25, -0.2) is 0 Å². The van der Waals surface area contributed by atoms with Gasteiger partial charge in [-0.3, -0.25) is 9.78 Å². The average molecular weight is 323 g/mol. The first kappa shape index (κ1) is 13.8. The first-order valence-corrected chi connectivity index (χ1v) is 7.43. The number of pyridine rings is 1. The maximum absolute atomic E-state index is 12.5. The third kappa shape index (κ3) is 2.53. The van der Waals surface area contributed by atoms with Crippen LogP contribution in [0.5, 0.6) is 0 Å². The van der Waals surface area contributed by atoms with E-state index in [1.54, 1.807) is 30.5 Å². The Labute approximate surface area is 136 Å². The number of hydrogen-bond donors (Lipinski definition) is 1. The molecule has 0 aliphatic rings. The smallest absolute Gasteiger partial charge is 0.291 e. The van der Waals surface area contributed by atoms with Crippen LogP contribution >= 0.6 is 11.6 Å². The standard InChI is InChI=1S/C18H11ClN2O2/c19-12-6-7-16-11(9-12)10-17(23-16)18(22)21-15-5-1-4-14-13(15)3-2-8-20-14/h1-10H,(H,21,22). The number of fused-ring (bicyclic) bond motifs is 2. The van der Waals surface area contributed by atoms with Gasteiger partial charge in [0.05, 0.1) is 11.2 Å². The Kier molecular flexibility index (Phi) is 3.24. The number of nitrogens with zero attached hydrogens (tertiary/aromatic N) is 1. The second-order valence-corrected chi connectivity index (χ2v) is 5.56. The molecule has 0 saturated carbocycles. The third-order valence-electron chi connectivity index (χ3n) is 3.60. The minimum absolute atomic E-state index is 0.239. The molecule has 1 amide bonds. The topological polar surface area (TPSA) is 55.1 Å². The number of hydrogen-bond acceptors (Lipinski definition) is 3. The highest BCUT2D eigenvalue weighted by atomic mass is 35.5. The minimum Gasteiger partial charge on any atom is -0.451 e. The number of aromatic nitrogens is 1. The lowest BCUT2D eigenvalue weighted by Gasteiger charge is -2.06. The number of furan rings is 1. The molecule has 5 heteroatoms. The Morgan fingerprint density at radius 2 is 2.00 bits per heavy atom. The van der Waals surface area contributed by atoms with Gasteiger partial charge in [-0.1, -0.05) is 17.7 Å². The number of halogens is 1. The Morgan fingerprint density at radius 3 is 2.91 bits per heavy atom. The number of nitrogens with one attached hydrogen (secondary N) is 1. The second kappa shape index (κ2) is 5.41. The van der Waals surface area contributed by atoms with Gasteiger partial charge >= 0.3 is 0 Å². The van der Waals surface area contributed by atoms with Gasteiger partial charge in [0.1, 0.15) is 5.58 Å². The van der Waals surface area contributed by atoms with E-state index in [9.17, 15) is 4.79 Å². The Balaban J connectivity index is 1.70. The van der Waals surface area contributed by atoms with Gasteiger partial charge in [0.25, 0.3) is 5.91 Å². The van der Waals surface area contributed by atoms with Gasteiger partial charge in [-0.05, 0) is 48.5 Å². The first-order chi connectivity index (χ1) is 11.2. The monoisotopic (exact) mass is 322 g/mol. The molecule has 4 aromatic rings. The number of carbonyl (C=O) groups is 1. The fourth-order valence-corrected chi connectivity index (χ4v) is 2.70. The molecule has 0 unspecified atom stereocenters. The summed E-state index contributed by atoms with van der Waals surface area (Å²) in [6.45, 7) is 0. The normalized spacial score (nSPS) is 11.0. The fourth-order valence-electron chi connectivity index (χ4n) is 2.52. The van der Waals surface area contributed by atoms with Crippen LogP contribution in [0.3, 0.4) is 0 Å². The fraction of sp³-hybridized carbons (Fsp3) is 0. The number of rotatable bonds is 2. The van der Waals surface area contributed by atoms with Crippen molar-refractivity contribution < 1.29 is 9.21 Å². The lowest BCUT2D eigenvalue weighted by molar-refractivity contribution is 0.0999. The summed E-state index contributed by atoms with van der Waals surface area (Å²) in [5.41, 5.74) is 2.14. The molecule has 0 bridgehead atoms. The highest BCUT2D eigenvalue weighted by Crippen LogP contribution is 2.25. The van der Waals surface area contributed by atoms with Crippen molar-refractivity contribution in [3.05, 3.63) is 71.6 Å². The molecule has 23 heavy (non-hydrogen) atoms. The zero-order chi connectivity index (χ0) is 15.8. The maximum atomic E-state index is 12.5. The molecule has 112 valence electrons. The molecule has 0 saturated heterocycles. The van der Waals surface area contributed by atoms with Crippen LogP contribution < -0.4 is 5.32 Å². The molecule has 0 aliphatic heterocycles. The average Bonchev–Trinajstić information content (AvgIpc) is 2.98. The summed E-state index contributed by atoms with van der Waals surface area (Å²) >= 11 is 5.95. The van der Waals surface area contributed by atoms with Crippen LogP contribution in [0.1, 0.15) is 10.6 Å². The van der Waals surface area contributed by atoms with Crippen molar-refractivity contribution in [2.24, 2.45) is 0 Å². The van der Waals surface area contributed by atoms with Crippen molar-refractivity contribution in [2.45, 2.75) is 0 Å². The highest BCUT2D eigenvalue weighted by Gasteiger charge is 2.14. The molecule has 2 aromatic heterocycles.